The number of ketones is 1. The summed E-state index contributed by atoms with van der Waals surface area (Å²) in [7, 11) is 1.92. The molecule has 0 aliphatic heterocycles. The van der Waals surface area contributed by atoms with Gasteiger partial charge in [0.2, 0.25) is 0 Å². The zero-order chi connectivity index (χ0) is 12.3. The lowest BCUT2D eigenvalue weighted by molar-refractivity contribution is 0.0988. The normalized spacial score (nSPS) is 10.7. The van der Waals surface area contributed by atoms with Crippen molar-refractivity contribution >= 4 is 5.78 Å². The molecule has 2 rings (SSSR count). The Balaban J connectivity index is 1.98. The third-order valence-corrected chi connectivity index (χ3v) is 2.80. The van der Waals surface area contributed by atoms with E-state index in [0.29, 0.717) is 12.0 Å². The van der Waals surface area contributed by atoms with Crippen LogP contribution in [0.2, 0.25) is 0 Å². The minimum Gasteiger partial charge on any atom is -0.294 e. The molecule has 0 aliphatic rings. The highest BCUT2D eigenvalue weighted by atomic mass is 16.1. The molecule has 0 spiro atoms. The van der Waals surface area contributed by atoms with Gasteiger partial charge in [-0.3, -0.25) is 14.2 Å². The van der Waals surface area contributed by atoms with Crippen molar-refractivity contribution in [3.63, 3.8) is 0 Å². The van der Waals surface area contributed by atoms with Crippen molar-refractivity contribution in [2.24, 2.45) is 7.05 Å². The Morgan fingerprint density at radius 2 is 2.24 bits per heavy atom. The highest BCUT2D eigenvalue weighted by Crippen LogP contribution is 2.04. The Kier molecular flexibility index (Phi) is 3.37. The Labute approximate surface area is 100 Å². The highest BCUT2D eigenvalue weighted by molar-refractivity contribution is 5.95. The molecular weight excluding hydrogens is 216 g/mol. The van der Waals surface area contributed by atoms with Gasteiger partial charge in [0.05, 0.1) is 11.8 Å². The fraction of sp³-hybridized carbons (Fsp3) is 0.417. The summed E-state index contributed by atoms with van der Waals surface area (Å²) < 4.78 is 3.65. The maximum Gasteiger partial charge on any atom is 0.165 e. The predicted octanol–water partition coefficient (Wildman–Crippen LogP) is 1.45. The van der Waals surface area contributed by atoms with Crippen LogP contribution >= 0.6 is 0 Å². The number of aryl methyl sites for hydroxylation is 3. The van der Waals surface area contributed by atoms with Crippen LogP contribution in [-0.2, 0) is 20.0 Å². The molecule has 2 heterocycles. The summed E-state index contributed by atoms with van der Waals surface area (Å²) >= 11 is 0. The number of hydrogen-bond donors (Lipinski definition) is 0. The summed E-state index contributed by atoms with van der Waals surface area (Å²) in [6.45, 7) is 2.62. The molecule has 5 heteroatoms. The molecule has 2 aromatic heterocycles. The molecule has 5 nitrogen and oxygen atoms in total. The average Bonchev–Trinajstić information content (AvgIpc) is 2.94. The second-order valence-electron chi connectivity index (χ2n) is 3.96. The molecule has 0 amide bonds. The zero-order valence-corrected chi connectivity index (χ0v) is 10.1. The lowest BCUT2D eigenvalue weighted by atomic mass is 10.2. The van der Waals surface area contributed by atoms with Crippen LogP contribution in [0.3, 0.4) is 0 Å². The molecule has 90 valence electrons. The Morgan fingerprint density at radius 1 is 1.41 bits per heavy atom. The summed E-state index contributed by atoms with van der Waals surface area (Å²) in [6, 6.07) is 1.99. The summed E-state index contributed by atoms with van der Waals surface area (Å²) in [6.07, 6.45) is 6.60. The van der Waals surface area contributed by atoms with Crippen molar-refractivity contribution in [1.82, 2.24) is 19.6 Å². The van der Waals surface area contributed by atoms with Crippen molar-refractivity contribution < 1.29 is 4.79 Å². The fourth-order valence-corrected chi connectivity index (χ4v) is 1.71. The van der Waals surface area contributed by atoms with E-state index >= 15 is 0 Å². The van der Waals surface area contributed by atoms with Crippen molar-refractivity contribution in [1.29, 1.82) is 0 Å². The number of rotatable bonds is 5. The van der Waals surface area contributed by atoms with Crippen LogP contribution in [0.5, 0.6) is 0 Å². The third kappa shape index (κ3) is 2.61. The van der Waals surface area contributed by atoms with Crippen molar-refractivity contribution in [3.8, 4) is 0 Å². The van der Waals surface area contributed by atoms with Gasteiger partial charge in [-0.25, -0.2) is 0 Å². The Hall–Kier alpha value is -1.91. The van der Waals surface area contributed by atoms with E-state index < -0.39 is 0 Å². The molecule has 0 bridgehead atoms. The van der Waals surface area contributed by atoms with Gasteiger partial charge in [0.25, 0.3) is 0 Å². The first-order chi connectivity index (χ1) is 8.20. The number of aromatic nitrogens is 4. The predicted molar refractivity (Wildman–Crippen MR) is 63.8 cm³/mol. The van der Waals surface area contributed by atoms with Gasteiger partial charge in [-0.15, -0.1) is 0 Å². The molecule has 0 aliphatic carbocycles. The monoisotopic (exact) mass is 232 g/mol. The first-order valence-electron chi connectivity index (χ1n) is 5.73. The molecule has 0 saturated heterocycles. The van der Waals surface area contributed by atoms with E-state index in [1.807, 2.05) is 30.9 Å². The lowest BCUT2D eigenvalue weighted by Crippen LogP contribution is -2.05. The first kappa shape index (κ1) is 11.6. The van der Waals surface area contributed by atoms with Crippen molar-refractivity contribution in [3.05, 3.63) is 35.9 Å². The summed E-state index contributed by atoms with van der Waals surface area (Å²) in [5.74, 6) is 0.136. The molecule has 0 N–H and O–H groups in total. The number of nitrogens with zero attached hydrogens (tertiary/aromatic N) is 4. The average molecular weight is 232 g/mol. The molecule has 0 saturated carbocycles. The van der Waals surface area contributed by atoms with E-state index in [1.165, 1.54) is 0 Å². The van der Waals surface area contributed by atoms with Crippen LogP contribution in [0.1, 0.15) is 29.4 Å². The van der Waals surface area contributed by atoms with Gasteiger partial charge >= 0.3 is 0 Å². The number of hydrogen-bond acceptors (Lipinski definition) is 3. The quantitative estimate of drug-likeness (QED) is 0.733. The first-order valence-corrected chi connectivity index (χ1v) is 5.73. The van der Waals surface area contributed by atoms with Crippen LogP contribution in [0, 0.1) is 0 Å². The maximum absolute atomic E-state index is 11.4. The molecule has 0 aromatic carbocycles. The second kappa shape index (κ2) is 4.95. The minimum absolute atomic E-state index is 0.136. The molecule has 0 atom stereocenters. The largest absolute Gasteiger partial charge is 0.294 e. The van der Waals surface area contributed by atoms with Gasteiger partial charge in [-0.2, -0.15) is 10.2 Å². The van der Waals surface area contributed by atoms with Gasteiger partial charge in [-0.05, 0) is 6.07 Å². The van der Waals surface area contributed by atoms with E-state index in [2.05, 4.69) is 10.2 Å². The molecule has 0 unspecified atom stereocenters. The van der Waals surface area contributed by atoms with Crippen LogP contribution in [0.25, 0.3) is 0 Å². The van der Waals surface area contributed by atoms with Gasteiger partial charge < -0.3 is 0 Å². The van der Waals surface area contributed by atoms with E-state index in [-0.39, 0.29) is 5.78 Å². The van der Waals surface area contributed by atoms with Gasteiger partial charge in [0.1, 0.15) is 0 Å². The van der Waals surface area contributed by atoms with Crippen LogP contribution in [-0.4, -0.2) is 25.3 Å². The zero-order valence-electron chi connectivity index (χ0n) is 10.1. The molecular formula is C12H16N4O. The van der Waals surface area contributed by atoms with E-state index in [0.717, 1.165) is 18.7 Å². The third-order valence-electron chi connectivity index (χ3n) is 2.80. The topological polar surface area (TPSA) is 52.7 Å². The standard InChI is InChI=1S/C12H16N4O/c1-3-12(17)10-8-14-16(9-10)7-5-11-4-6-13-15(11)2/h4,6,8-9H,3,5,7H2,1-2H3. The maximum atomic E-state index is 11.4. The van der Waals surface area contributed by atoms with Gasteiger partial charge in [0.15, 0.2) is 5.78 Å². The van der Waals surface area contributed by atoms with Crippen LogP contribution in [0.15, 0.2) is 24.7 Å². The number of carbonyl (C=O) groups is 1. The SMILES string of the molecule is CCC(=O)c1cnn(CCc2ccnn2C)c1. The highest BCUT2D eigenvalue weighted by Gasteiger charge is 2.06. The summed E-state index contributed by atoms with van der Waals surface area (Å²) in [4.78, 5) is 11.4. The molecule has 2 aromatic rings. The van der Waals surface area contributed by atoms with Gasteiger partial charge in [-0.1, -0.05) is 6.92 Å². The van der Waals surface area contributed by atoms with Crippen molar-refractivity contribution in [2.45, 2.75) is 26.3 Å². The van der Waals surface area contributed by atoms with Crippen LogP contribution in [0.4, 0.5) is 0 Å². The Bertz CT molecular complexity index is 512. The second-order valence-corrected chi connectivity index (χ2v) is 3.96. The number of Topliss-reactive ketones (excluding diaryl/α,β-unsaturated/α-hetero) is 1. The Morgan fingerprint density at radius 3 is 2.88 bits per heavy atom. The fourth-order valence-electron chi connectivity index (χ4n) is 1.71. The molecule has 0 fully saturated rings. The minimum atomic E-state index is 0.136. The number of carbonyl (C=O) groups excluding carboxylic acids is 1. The van der Waals surface area contributed by atoms with Crippen molar-refractivity contribution in [2.75, 3.05) is 0 Å². The molecule has 0 radical (unpaired) electrons. The van der Waals surface area contributed by atoms with Gasteiger partial charge in [0, 0.05) is 44.5 Å². The van der Waals surface area contributed by atoms with E-state index in [4.69, 9.17) is 0 Å². The van der Waals surface area contributed by atoms with E-state index in [9.17, 15) is 4.79 Å². The smallest absolute Gasteiger partial charge is 0.165 e. The summed E-state index contributed by atoms with van der Waals surface area (Å²) in [5, 5.41) is 8.29. The lowest BCUT2D eigenvalue weighted by Gasteiger charge is -2.02. The summed E-state index contributed by atoms with van der Waals surface area (Å²) in [5.41, 5.74) is 1.85. The van der Waals surface area contributed by atoms with Crippen LogP contribution < -0.4 is 0 Å². The molecule has 17 heavy (non-hydrogen) atoms. The van der Waals surface area contributed by atoms with E-state index in [1.54, 1.807) is 17.1 Å².